The second-order valence-corrected chi connectivity index (χ2v) is 12.9. The number of ether oxygens (including phenoxy) is 1. The number of hydrogen-bond acceptors (Lipinski definition) is 7. The highest BCUT2D eigenvalue weighted by atomic mass is 32.2. The molecule has 0 radical (unpaired) electrons. The Morgan fingerprint density at radius 3 is 2.44 bits per heavy atom. The van der Waals surface area contributed by atoms with E-state index in [4.69, 9.17) is 4.74 Å². The van der Waals surface area contributed by atoms with Crippen LogP contribution in [0.1, 0.15) is 45.1 Å². The van der Waals surface area contributed by atoms with E-state index >= 15 is 0 Å². The topological polar surface area (TPSA) is 168 Å². The van der Waals surface area contributed by atoms with Crippen molar-refractivity contribution in [1.82, 2.24) is 16.0 Å². The van der Waals surface area contributed by atoms with E-state index in [1.54, 1.807) is 0 Å². The zero-order valence-corrected chi connectivity index (χ0v) is 24.4. The van der Waals surface area contributed by atoms with Gasteiger partial charge in [0.2, 0.25) is 17.7 Å². The van der Waals surface area contributed by atoms with Crippen molar-refractivity contribution in [2.45, 2.75) is 70.2 Å². The van der Waals surface area contributed by atoms with Crippen LogP contribution < -0.4 is 16.0 Å². The number of carbonyl (C=O) groups excluding carboxylic acids is 3. The third-order valence-corrected chi connectivity index (χ3v) is 8.34. The highest BCUT2D eigenvalue weighted by Gasteiger charge is 2.32. The van der Waals surface area contributed by atoms with E-state index in [2.05, 4.69) is 16.0 Å². The van der Waals surface area contributed by atoms with Gasteiger partial charge in [0.1, 0.15) is 28.0 Å². The van der Waals surface area contributed by atoms with Crippen molar-refractivity contribution in [3.05, 3.63) is 48.0 Å². The minimum absolute atomic E-state index is 0.0260. The van der Waals surface area contributed by atoms with Gasteiger partial charge in [-0.2, -0.15) is 0 Å². The molecule has 0 bridgehead atoms. The fraction of sp³-hybridized carbons (Fsp3) is 0.517. The Kier molecular flexibility index (Phi) is 11.2. The molecule has 224 valence electrons. The number of benzene rings is 2. The van der Waals surface area contributed by atoms with Crippen LogP contribution in [-0.4, -0.2) is 80.1 Å². The van der Waals surface area contributed by atoms with Crippen LogP contribution in [-0.2, 0) is 40.2 Å². The van der Waals surface area contributed by atoms with Gasteiger partial charge in [0.15, 0.2) is 0 Å². The molecule has 41 heavy (non-hydrogen) atoms. The third kappa shape index (κ3) is 9.82. The first-order valence-electron chi connectivity index (χ1n) is 13.8. The van der Waals surface area contributed by atoms with Crippen LogP contribution in [0.15, 0.2) is 42.5 Å². The summed E-state index contributed by atoms with van der Waals surface area (Å²) in [7, 11) is -3.45. The average molecular weight is 590 g/mol. The SMILES string of the molecule is CC[C@H](C)[C@@H](COC(Cc1ccc2ccccc2c1)C(=O)N[C@@H](CCS(C)(=O)=O)C(=O)O)NC(=O)[C@@H]1CCC(=O)N1. The maximum atomic E-state index is 13.4. The molecular weight excluding hydrogens is 550 g/mol. The lowest BCUT2D eigenvalue weighted by molar-refractivity contribution is -0.144. The van der Waals surface area contributed by atoms with E-state index in [-0.39, 0.29) is 43.6 Å². The molecule has 4 N–H and O–H groups in total. The Balaban J connectivity index is 1.79. The number of nitrogens with one attached hydrogen (secondary N) is 3. The van der Waals surface area contributed by atoms with Crippen LogP contribution in [0.25, 0.3) is 10.8 Å². The summed E-state index contributed by atoms with van der Waals surface area (Å²) in [5.41, 5.74) is 0.782. The Hall–Kier alpha value is -3.51. The molecule has 0 saturated carbocycles. The van der Waals surface area contributed by atoms with Gasteiger partial charge in [-0.05, 0) is 35.1 Å². The van der Waals surface area contributed by atoms with Crippen molar-refractivity contribution in [1.29, 1.82) is 0 Å². The number of carboxylic acids is 1. The summed E-state index contributed by atoms with van der Waals surface area (Å²) in [4.78, 5) is 49.6. The summed E-state index contributed by atoms with van der Waals surface area (Å²) < 4.78 is 29.3. The average Bonchev–Trinajstić information content (AvgIpc) is 3.37. The first kappa shape index (κ1) is 32.0. The number of carbonyl (C=O) groups is 4. The summed E-state index contributed by atoms with van der Waals surface area (Å²) in [6.45, 7) is 3.86. The van der Waals surface area contributed by atoms with Gasteiger partial charge in [-0.25, -0.2) is 13.2 Å². The van der Waals surface area contributed by atoms with Gasteiger partial charge >= 0.3 is 5.97 Å². The molecule has 1 aliphatic rings. The first-order chi connectivity index (χ1) is 19.4. The maximum Gasteiger partial charge on any atom is 0.326 e. The zero-order chi connectivity index (χ0) is 30.2. The van der Waals surface area contributed by atoms with Crippen molar-refractivity contribution in [3.8, 4) is 0 Å². The van der Waals surface area contributed by atoms with Crippen LogP contribution >= 0.6 is 0 Å². The predicted octanol–water partition coefficient (Wildman–Crippen LogP) is 1.58. The Labute approximate surface area is 240 Å². The van der Waals surface area contributed by atoms with E-state index < -0.39 is 51.7 Å². The minimum Gasteiger partial charge on any atom is -0.480 e. The number of hydrogen-bond donors (Lipinski definition) is 4. The molecule has 1 unspecified atom stereocenters. The van der Waals surface area contributed by atoms with E-state index in [1.165, 1.54) is 0 Å². The molecule has 0 aromatic heterocycles. The molecular formula is C29H39N3O8S. The zero-order valence-electron chi connectivity index (χ0n) is 23.6. The van der Waals surface area contributed by atoms with Gasteiger partial charge in [0.25, 0.3) is 0 Å². The van der Waals surface area contributed by atoms with Crippen LogP contribution in [0.2, 0.25) is 0 Å². The molecule has 12 heteroatoms. The van der Waals surface area contributed by atoms with Gasteiger partial charge in [0, 0.05) is 19.1 Å². The lowest BCUT2D eigenvalue weighted by atomic mass is 9.98. The molecule has 0 aliphatic carbocycles. The van der Waals surface area contributed by atoms with E-state index in [0.717, 1.165) is 22.6 Å². The minimum atomic E-state index is -3.45. The standard InChI is InChI=1S/C29H39N3O8S/c1-4-18(2)24(32-27(34)22-11-12-26(33)30-22)17-40-25(16-19-9-10-20-7-5-6-8-21(20)15-19)28(35)31-23(29(36)37)13-14-41(3,38)39/h5-10,15,18,22-25H,4,11-14,16-17H2,1-3H3,(H,30,33)(H,31,35)(H,32,34)(H,36,37)/t18-,22-,23-,24+,25?/m0/s1. The second kappa shape index (κ2) is 14.4. The van der Waals surface area contributed by atoms with Gasteiger partial charge in [-0.1, -0.05) is 62.7 Å². The normalized spacial score (nSPS) is 18.2. The smallest absolute Gasteiger partial charge is 0.326 e. The number of fused-ring (bicyclic) bond motifs is 1. The molecule has 5 atom stereocenters. The first-order valence-corrected chi connectivity index (χ1v) is 15.8. The van der Waals surface area contributed by atoms with Crippen molar-refractivity contribution >= 4 is 44.3 Å². The van der Waals surface area contributed by atoms with Crippen molar-refractivity contribution in [2.24, 2.45) is 5.92 Å². The summed E-state index contributed by atoms with van der Waals surface area (Å²) in [6, 6.07) is 10.9. The summed E-state index contributed by atoms with van der Waals surface area (Å²) >= 11 is 0. The van der Waals surface area contributed by atoms with Crippen LogP contribution in [0, 0.1) is 5.92 Å². The van der Waals surface area contributed by atoms with Gasteiger partial charge in [-0.15, -0.1) is 0 Å². The second-order valence-electron chi connectivity index (χ2n) is 10.7. The number of sulfone groups is 1. The third-order valence-electron chi connectivity index (χ3n) is 7.37. The fourth-order valence-corrected chi connectivity index (χ4v) is 5.27. The summed E-state index contributed by atoms with van der Waals surface area (Å²) in [5.74, 6) is -2.99. The molecule has 3 rings (SSSR count). The highest BCUT2D eigenvalue weighted by Crippen LogP contribution is 2.19. The molecule has 1 saturated heterocycles. The van der Waals surface area contributed by atoms with Gasteiger partial charge in [0.05, 0.1) is 18.4 Å². The Bertz CT molecular complexity index is 1360. The van der Waals surface area contributed by atoms with Gasteiger partial charge in [-0.3, -0.25) is 14.4 Å². The molecule has 3 amide bonds. The molecule has 2 aromatic rings. The summed E-state index contributed by atoms with van der Waals surface area (Å²) in [6.07, 6.45) is 1.09. The monoisotopic (exact) mass is 589 g/mol. The van der Waals surface area contributed by atoms with Crippen LogP contribution in [0.3, 0.4) is 0 Å². The molecule has 1 heterocycles. The van der Waals surface area contributed by atoms with Crippen LogP contribution in [0.5, 0.6) is 0 Å². The molecule has 0 spiro atoms. The van der Waals surface area contributed by atoms with E-state index in [9.17, 15) is 32.7 Å². The lowest BCUT2D eigenvalue weighted by Gasteiger charge is -2.28. The quantitative estimate of drug-likeness (QED) is 0.243. The van der Waals surface area contributed by atoms with Gasteiger partial charge < -0.3 is 25.8 Å². The van der Waals surface area contributed by atoms with Crippen molar-refractivity contribution in [3.63, 3.8) is 0 Å². The van der Waals surface area contributed by atoms with Crippen molar-refractivity contribution < 1.29 is 37.4 Å². The van der Waals surface area contributed by atoms with Crippen LogP contribution in [0.4, 0.5) is 0 Å². The fourth-order valence-electron chi connectivity index (χ4n) is 4.61. The molecule has 2 aromatic carbocycles. The highest BCUT2D eigenvalue weighted by molar-refractivity contribution is 7.90. The Morgan fingerprint density at radius 2 is 1.83 bits per heavy atom. The predicted molar refractivity (Wildman–Crippen MR) is 154 cm³/mol. The number of aliphatic carboxylic acids is 1. The summed E-state index contributed by atoms with van der Waals surface area (Å²) in [5, 5.41) is 19.6. The largest absolute Gasteiger partial charge is 0.480 e. The maximum absolute atomic E-state index is 13.4. The molecule has 1 fully saturated rings. The molecule has 1 aliphatic heterocycles. The molecule has 11 nitrogen and oxygen atoms in total. The lowest BCUT2D eigenvalue weighted by Crippen LogP contribution is -2.51. The van der Waals surface area contributed by atoms with E-state index in [0.29, 0.717) is 12.8 Å². The van der Waals surface area contributed by atoms with E-state index in [1.807, 2.05) is 56.3 Å². The Morgan fingerprint density at radius 1 is 1.12 bits per heavy atom. The number of amides is 3. The van der Waals surface area contributed by atoms with Crippen molar-refractivity contribution in [2.75, 3.05) is 18.6 Å². The number of rotatable bonds is 15. The number of carboxylic acid groups (broad SMARTS) is 1.